The molecule has 2 N–H and O–H groups in total. The number of nitrogens with zero attached hydrogens (tertiary/aromatic N) is 5. The fraction of sp³-hybridized carbons (Fsp3) is 0.257. The molecule has 3 aromatic carbocycles. The maximum absolute atomic E-state index is 13.8. The zero-order valence-electron chi connectivity index (χ0n) is 26.0. The summed E-state index contributed by atoms with van der Waals surface area (Å²) in [7, 11) is 5.72. The summed E-state index contributed by atoms with van der Waals surface area (Å²) in [6.07, 6.45) is 5.24. The van der Waals surface area contributed by atoms with Crippen LogP contribution < -0.4 is 10.6 Å². The standard InChI is InChI=1S/C35H36ClN7O3/c1-41-15-16-46-21-33(41)26-6-4-5-24(17-26)25-9-12-29(36)27(18-25)19-30(40-35(45)31-13-14-38-43(31)3)34(44)39-28-10-7-23(8-11-28)32-20-37-22-42(32)2/h4-14,17-18,20,22,30,33H,15-16,19,21H2,1-3H3,(H,39,44)(H,40,45)/t30-,33-/m0/s1. The van der Waals surface area contributed by atoms with E-state index in [2.05, 4.69) is 50.9 Å². The second kappa shape index (κ2) is 13.7. The maximum atomic E-state index is 13.8. The van der Waals surface area contributed by atoms with Gasteiger partial charge in [0, 0.05) is 44.0 Å². The number of carbonyl (C=O) groups is 2. The number of ether oxygens (including phenoxy) is 1. The van der Waals surface area contributed by atoms with Crippen molar-refractivity contribution < 1.29 is 14.3 Å². The van der Waals surface area contributed by atoms with E-state index < -0.39 is 11.9 Å². The fourth-order valence-corrected chi connectivity index (χ4v) is 5.92. The van der Waals surface area contributed by atoms with E-state index in [1.54, 1.807) is 31.8 Å². The van der Waals surface area contributed by atoms with Gasteiger partial charge < -0.3 is 19.9 Å². The van der Waals surface area contributed by atoms with E-state index in [-0.39, 0.29) is 18.4 Å². The lowest BCUT2D eigenvalue weighted by Crippen LogP contribution is -2.45. The average Bonchev–Trinajstić information content (AvgIpc) is 3.70. The molecule has 1 saturated heterocycles. The number of rotatable bonds is 9. The third kappa shape index (κ3) is 6.89. The van der Waals surface area contributed by atoms with Crippen LogP contribution in [0.2, 0.25) is 5.02 Å². The predicted molar refractivity (Wildman–Crippen MR) is 179 cm³/mol. The van der Waals surface area contributed by atoms with Crippen LogP contribution in [0.1, 0.15) is 27.7 Å². The molecule has 2 amide bonds. The number of halogens is 1. The largest absolute Gasteiger partial charge is 0.378 e. The van der Waals surface area contributed by atoms with E-state index in [0.717, 1.165) is 41.1 Å². The Balaban J connectivity index is 1.26. The quantitative estimate of drug-likeness (QED) is 0.232. The normalized spacial score (nSPS) is 15.8. The molecule has 6 rings (SSSR count). The van der Waals surface area contributed by atoms with Crippen molar-refractivity contribution in [2.45, 2.75) is 18.5 Å². The van der Waals surface area contributed by atoms with E-state index in [1.165, 1.54) is 10.2 Å². The summed E-state index contributed by atoms with van der Waals surface area (Å²) in [4.78, 5) is 33.5. The maximum Gasteiger partial charge on any atom is 0.270 e. The van der Waals surface area contributed by atoms with E-state index in [4.69, 9.17) is 16.3 Å². The number of morpholine rings is 1. The Morgan fingerprint density at radius 2 is 1.78 bits per heavy atom. The Kier molecular flexibility index (Phi) is 9.30. The SMILES string of the molecule is CN1CCOC[C@H]1c1cccc(-c2ccc(Cl)c(C[C@H](NC(=O)c3ccnn3C)C(=O)Nc3ccc(-c4cncn4C)cc3)c2)c1. The van der Waals surface area contributed by atoms with E-state index in [1.807, 2.05) is 60.1 Å². The smallest absolute Gasteiger partial charge is 0.270 e. The number of aromatic nitrogens is 4. The van der Waals surface area contributed by atoms with Crippen LogP contribution in [-0.2, 0) is 30.0 Å². The number of aryl methyl sites for hydroxylation is 2. The minimum absolute atomic E-state index is 0.175. The van der Waals surface area contributed by atoms with Crippen molar-refractivity contribution in [3.63, 3.8) is 0 Å². The Bertz CT molecular complexity index is 1850. The molecule has 0 unspecified atom stereocenters. The third-order valence-corrected chi connectivity index (χ3v) is 8.78. The van der Waals surface area contributed by atoms with E-state index in [0.29, 0.717) is 23.0 Å². The Morgan fingerprint density at radius 1 is 1.00 bits per heavy atom. The molecule has 5 aromatic rings. The molecule has 236 valence electrons. The minimum atomic E-state index is -0.925. The molecule has 1 aliphatic rings. The summed E-state index contributed by atoms with van der Waals surface area (Å²) in [5.74, 6) is -0.780. The van der Waals surface area contributed by atoms with Crippen LogP contribution in [-0.4, -0.2) is 68.9 Å². The summed E-state index contributed by atoms with van der Waals surface area (Å²) in [5.41, 5.74) is 6.76. The van der Waals surface area contributed by atoms with Gasteiger partial charge in [0.25, 0.3) is 5.91 Å². The van der Waals surface area contributed by atoms with Gasteiger partial charge in [-0.1, -0.05) is 48.0 Å². The molecule has 1 aliphatic heterocycles. The van der Waals surface area contributed by atoms with Crippen molar-refractivity contribution in [3.8, 4) is 22.4 Å². The second-order valence-electron chi connectivity index (χ2n) is 11.5. The van der Waals surface area contributed by atoms with Gasteiger partial charge in [0.05, 0.1) is 37.5 Å². The summed E-state index contributed by atoms with van der Waals surface area (Å²) >= 11 is 6.72. The van der Waals surface area contributed by atoms with Crippen LogP contribution in [0.3, 0.4) is 0 Å². The average molecular weight is 638 g/mol. The van der Waals surface area contributed by atoms with Crippen LogP contribution in [0, 0.1) is 0 Å². The first-order valence-corrected chi connectivity index (χ1v) is 15.5. The molecule has 2 atom stereocenters. The number of carbonyl (C=O) groups excluding carboxylic acids is 2. The molecule has 0 radical (unpaired) electrons. The monoisotopic (exact) mass is 637 g/mol. The molecule has 1 fully saturated rings. The number of hydrogen-bond acceptors (Lipinski definition) is 6. The number of hydrogen-bond donors (Lipinski definition) is 2. The number of likely N-dealkylation sites (N-methyl/N-ethyl adjacent to an activating group) is 1. The predicted octanol–water partition coefficient (Wildman–Crippen LogP) is 5.12. The van der Waals surface area contributed by atoms with Gasteiger partial charge in [0.15, 0.2) is 0 Å². The van der Waals surface area contributed by atoms with Crippen molar-refractivity contribution >= 4 is 29.1 Å². The fourth-order valence-electron chi connectivity index (χ4n) is 5.72. The lowest BCUT2D eigenvalue weighted by atomic mass is 9.96. The Hall–Kier alpha value is -4.77. The van der Waals surface area contributed by atoms with Gasteiger partial charge in [-0.15, -0.1) is 0 Å². The van der Waals surface area contributed by atoms with Crippen molar-refractivity contribution in [1.82, 2.24) is 29.5 Å². The van der Waals surface area contributed by atoms with Crippen molar-refractivity contribution in [2.24, 2.45) is 14.1 Å². The zero-order chi connectivity index (χ0) is 32.2. The molecule has 2 aromatic heterocycles. The van der Waals surface area contributed by atoms with Gasteiger partial charge in [-0.3, -0.25) is 19.2 Å². The van der Waals surface area contributed by atoms with E-state index in [9.17, 15) is 9.59 Å². The molecule has 3 heterocycles. The summed E-state index contributed by atoms with van der Waals surface area (Å²) in [5, 5.41) is 10.5. The van der Waals surface area contributed by atoms with Crippen molar-refractivity contribution in [2.75, 3.05) is 32.1 Å². The summed E-state index contributed by atoms with van der Waals surface area (Å²) in [6.45, 7) is 2.25. The highest BCUT2D eigenvalue weighted by Gasteiger charge is 2.25. The van der Waals surface area contributed by atoms with Crippen molar-refractivity contribution in [1.29, 1.82) is 0 Å². The Morgan fingerprint density at radius 3 is 2.50 bits per heavy atom. The molecular formula is C35H36ClN7O3. The molecule has 0 spiro atoms. The second-order valence-corrected chi connectivity index (χ2v) is 11.9. The molecule has 0 saturated carbocycles. The number of imidazole rings is 1. The topological polar surface area (TPSA) is 106 Å². The molecular weight excluding hydrogens is 602 g/mol. The van der Waals surface area contributed by atoms with Crippen LogP contribution in [0.5, 0.6) is 0 Å². The van der Waals surface area contributed by atoms with E-state index >= 15 is 0 Å². The molecule has 10 nitrogen and oxygen atoms in total. The minimum Gasteiger partial charge on any atom is -0.378 e. The van der Waals surface area contributed by atoms with Crippen LogP contribution >= 0.6 is 11.6 Å². The van der Waals surface area contributed by atoms with Gasteiger partial charge in [-0.25, -0.2) is 4.98 Å². The van der Waals surface area contributed by atoms with Gasteiger partial charge in [-0.2, -0.15) is 5.10 Å². The van der Waals surface area contributed by atoms with Crippen LogP contribution in [0.15, 0.2) is 91.5 Å². The third-order valence-electron chi connectivity index (χ3n) is 8.41. The number of benzene rings is 3. The van der Waals surface area contributed by atoms with Gasteiger partial charge >= 0.3 is 0 Å². The van der Waals surface area contributed by atoms with Gasteiger partial charge in [-0.05, 0) is 71.3 Å². The highest BCUT2D eigenvalue weighted by molar-refractivity contribution is 6.31. The number of nitrogens with one attached hydrogen (secondary N) is 2. The first-order valence-electron chi connectivity index (χ1n) is 15.1. The first-order chi connectivity index (χ1) is 22.3. The lowest BCUT2D eigenvalue weighted by molar-refractivity contribution is -0.118. The number of anilines is 1. The zero-order valence-corrected chi connectivity index (χ0v) is 26.7. The summed E-state index contributed by atoms with van der Waals surface area (Å²) in [6, 6.07) is 22.5. The molecule has 0 bridgehead atoms. The molecule has 11 heteroatoms. The molecule has 0 aliphatic carbocycles. The summed E-state index contributed by atoms with van der Waals surface area (Å²) < 4.78 is 9.14. The van der Waals surface area contributed by atoms with Crippen molar-refractivity contribution in [3.05, 3.63) is 113 Å². The van der Waals surface area contributed by atoms with Crippen LogP contribution in [0.25, 0.3) is 22.4 Å². The first kappa shape index (κ1) is 31.2. The lowest BCUT2D eigenvalue weighted by Gasteiger charge is -2.32. The van der Waals surface area contributed by atoms with Crippen LogP contribution in [0.4, 0.5) is 5.69 Å². The Labute approximate surface area is 273 Å². The van der Waals surface area contributed by atoms with Gasteiger partial charge in [0.2, 0.25) is 5.91 Å². The highest BCUT2D eigenvalue weighted by atomic mass is 35.5. The van der Waals surface area contributed by atoms with Gasteiger partial charge in [0.1, 0.15) is 11.7 Å². The highest BCUT2D eigenvalue weighted by Crippen LogP contribution is 2.30. The number of amides is 2. The molecule has 46 heavy (non-hydrogen) atoms.